The Labute approximate surface area is 100.0 Å². The Morgan fingerprint density at radius 3 is 2.94 bits per heavy atom. The van der Waals surface area contributed by atoms with Gasteiger partial charge in [-0.05, 0) is 37.1 Å². The Balaban J connectivity index is 2.27. The molecular weight excluding hydrogens is 221 g/mol. The van der Waals surface area contributed by atoms with E-state index in [1.807, 2.05) is 6.07 Å². The van der Waals surface area contributed by atoms with Crippen LogP contribution in [0, 0.1) is 12.7 Å². The summed E-state index contributed by atoms with van der Waals surface area (Å²) in [6, 6.07) is 5.05. The van der Waals surface area contributed by atoms with Crippen molar-refractivity contribution in [2.45, 2.75) is 13.3 Å². The Morgan fingerprint density at radius 2 is 2.29 bits per heavy atom. The van der Waals surface area contributed by atoms with Crippen molar-refractivity contribution in [1.29, 1.82) is 0 Å². The summed E-state index contributed by atoms with van der Waals surface area (Å²) in [5.41, 5.74) is 1.71. The van der Waals surface area contributed by atoms with Gasteiger partial charge in [0.2, 0.25) is 0 Å². The summed E-state index contributed by atoms with van der Waals surface area (Å²) >= 11 is 0. The highest BCUT2D eigenvalue weighted by Crippen LogP contribution is 2.09. The molecule has 0 saturated heterocycles. The highest BCUT2D eigenvalue weighted by molar-refractivity contribution is 5.79. The van der Waals surface area contributed by atoms with Crippen LogP contribution in [0.15, 0.2) is 30.4 Å². The number of carboxylic acid groups (broad SMARTS) is 1. The topological polar surface area (TPSA) is 49.3 Å². The Hall–Kier alpha value is -1.68. The second kappa shape index (κ2) is 6.81. The van der Waals surface area contributed by atoms with E-state index in [0.29, 0.717) is 12.1 Å². The van der Waals surface area contributed by atoms with E-state index in [-0.39, 0.29) is 5.82 Å². The fourth-order valence-electron chi connectivity index (χ4n) is 1.44. The van der Waals surface area contributed by atoms with Crippen LogP contribution in [-0.2, 0) is 11.2 Å². The summed E-state index contributed by atoms with van der Waals surface area (Å²) in [6.45, 7) is 2.99. The molecule has 1 aromatic carbocycles. The first kappa shape index (κ1) is 13.4. The van der Waals surface area contributed by atoms with Crippen molar-refractivity contribution >= 4 is 5.97 Å². The van der Waals surface area contributed by atoms with Crippen molar-refractivity contribution in [2.24, 2.45) is 0 Å². The maximum atomic E-state index is 13.0. The fourth-order valence-corrected chi connectivity index (χ4v) is 1.44. The van der Waals surface area contributed by atoms with Crippen LogP contribution in [0.25, 0.3) is 0 Å². The average Bonchev–Trinajstić information content (AvgIpc) is 2.27. The lowest BCUT2D eigenvalue weighted by molar-refractivity contribution is -0.131. The largest absolute Gasteiger partial charge is 0.478 e. The molecule has 0 atom stereocenters. The monoisotopic (exact) mass is 237 g/mol. The predicted octanol–water partition coefficient (Wildman–Crippen LogP) is 1.91. The smallest absolute Gasteiger partial charge is 0.328 e. The van der Waals surface area contributed by atoms with Crippen molar-refractivity contribution in [3.8, 4) is 0 Å². The van der Waals surface area contributed by atoms with E-state index in [1.54, 1.807) is 19.1 Å². The van der Waals surface area contributed by atoms with E-state index in [2.05, 4.69) is 5.32 Å². The molecule has 1 rings (SSSR count). The third kappa shape index (κ3) is 5.26. The van der Waals surface area contributed by atoms with Crippen molar-refractivity contribution in [3.05, 3.63) is 47.3 Å². The van der Waals surface area contributed by atoms with Gasteiger partial charge in [0.25, 0.3) is 0 Å². The maximum Gasteiger partial charge on any atom is 0.328 e. The molecule has 0 saturated carbocycles. The van der Waals surface area contributed by atoms with Gasteiger partial charge in [-0.15, -0.1) is 0 Å². The number of halogens is 1. The zero-order valence-electron chi connectivity index (χ0n) is 9.74. The summed E-state index contributed by atoms with van der Waals surface area (Å²) < 4.78 is 13.0. The zero-order chi connectivity index (χ0) is 12.7. The van der Waals surface area contributed by atoms with Gasteiger partial charge in [0, 0.05) is 12.6 Å². The molecule has 0 aliphatic rings. The number of aryl methyl sites for hydroxylation is 1. The van der Waals surface area contributed by atoms with Crippen LogP contribution in [-0.4, -0.2) is 24.2 Å². The molecule has 0 heterocycles. The number of hydrogen-bond donors (Lipinski definition) is 2. The molecule has 4 heteroatoms. The molecule has 0 aliphatic heterocycles. The van der Waals surface area contributed by atoms with Gasteiger partial charge in [0.15, 0.2) is 0 Å². The lowest BCUT2D eigenvalue weighted by Gasteiger charge is -2.04. The minimum Gasteiger partial charge on any atom is -0.478 e. The first-order valence-corrected chi connectivity index (χ1v) is 5.45. The summed E-state index contributed by atoms with van der Waals surface area (Å²) in [5.74, 6) is -1.13. The number of benzene rings is 1. The van der Waals surface area contributed by atoms with Gasteiger partial charge >= 0.3 is 5.97 Å². The SMILES string of the molecule is Cc1cc(CCNC/C=C/C(=O)O)ccc1F. The van der Waals surface area contributed by atoms with E-state index in [4.69, 9.17) is 5.11 Å². The van der Waals surface area contributed by atoms with E-state index >= 15 is 0 Å². The maximum absolute atomic E-state index is 13.0. The normalized spacial score (nSPS) is 10.9. The quantitative estimate of drug-likeness (QED) is 0.587. The van der Waals surface area contributed by atoms with E-state index in [0.717, 1.165) is 24.6 Å². The molecule has 0 aromatic heterocycles. The lowest BCUT2D eigenvalue weighted by Crippen LogP contribution is -2.17. The predicted molar refractivity (Wildman–Crippen MR) is 64.5 cm³/mol. The van der Waals surface area contributed by atoms with Gasteiger partial charge in [-0.25, -0.2) is 9.18 Å². The summed E-state index contributed by atoms with van der Waals surface area (Å²) in [7, 11) is 0. The van der Waals surface area contributed by atoms with Gasteiger partial charge in [0.05, 0.1) is 0 Å². The lowest BCUT2D eigenvalue weighted by atomic mass is 10.1. The molecule has 3 nitrogen and oxygen atoms in total. The second-order valence-electron chi connectivity index (χ2n) is 3.78. The molecule has 0 unspecified atom stereocenters. The average molecular weight is 237 g/mol. The number of carboxylic acids is 1. The summed E-state index contributed by atoms with van der Waals surface area (Å²) in [5, 5.41) is 11.4. The number of nitrogens with one attached hydrogen (secondary N) is 1. The number of carbonyl (C=O) groups is 1. The molecule has 92 valence electrons. The van der Waals surface area contributed by atoms with Crippen LogP contribution in [0.1, 0.15) is 11.1 Å². The molecule has 0 radical (unpaired) electrons. The molecule has 1 aromatic rings. The zero-order valence-corrected chi connectivity index (χ0v) is 9.74. The number of aliphatic carboxylic acids is 1. The molecule has 17 heavy (non-hydrogen) atoms. The van der Waals surface area contributed by atoms with Crippen LogP contribution >= 0.6 is 0 Å². The fraction of sp³-hybridized carbons (Fsp3) is 0.308. The molecular formula is C13H16FNO2. The Bertz CT molecular complexity index is 416. The summed E-state index contributed by atoms with van der Waals surface area (Å²) in [6.07, 6.45) is 3.45. The summed E-state index contributed by atoms with van der Waals surface area (Å²) in [4.78, 5) is 10.2. The van der Waals surface area contributed by atoms with Gasteiger partial charge in [-0.1, -0.05) is 18.2 Å². The first-order valence-electron chi connectivity index (χ1n) is 5.45. The van der Waals surface area contributed by atoms with Crippen molar-refractivity contribution in [3.63, 3.8) is 0 Å². The minimum atomic E-state index is -0.944. The standard InChI is InChI=1S/C13H16FNO2/c1-10-9-11(4-5-12(10)14)6-8-15-7-2-3-13(16)17/h2-5,9,15H,6-8H2,1H3,(H,16,17)/b3-2+. The van der Waals surface area contributed by atoms with Gasteiger partial charge in [-0.3, -0.25) is 0 Å². The Morgan fingerprint density at radius 1 is 1.53 bits per heavy atom. The molecule has 0 bridgehead atoms. The number of hydrogen-bond acceptors (Lipinski definition) is 2. The third-order valence-electron chi connectivity index (χ3n) is 2.34. The third-order valence-corrected chi connectivity index (χ3v) is 2.34. The van der Waals surface area contributed by atoms with Crippen LogP contribution in [0.3, 0.4) is 0 Å². The van der Waals surface area contributed by atoms with Crippen LogP contribution in [0.2, 0.25) is 0 Å². The van der Waals surface area contributed by atoms with E-state index in [1.165, 1.54) is 6.07 Å². The van der Waals surface area contributed by atoms with Crippen LogP contribution < -0.4 is 5.32 Å². The van der Waals surface area contributed by atoms with Gasteiger partial charge in [0.1, 0.15) is 5.82 Å². The van der Waals surface area contributed by atoms with Crippen molar-refractivity contribution in [2.75, 3.05) is 13.1 Å². The highest BCUT2D eigenvalue weighted by Gasteiger charge is 1.98. The van der Waals surface area contributed by atoms with E-state index in [9.17, 15) is 9.18 Å². The van der Waals surface area contributed by atoms with E-state index < -0.39 is 5.97 Å². The highest BCUT2D eigenvalue weighted by atomic mass is 19.1. The Kier molecular flexibility index (Phi) is 5.36. The minimum absolute atomic E-state index is 0.189. The molecule has 0 aliphatic carbocycles. The van der Waals surface area contributed by atoms with Crippen molar-refractivity contribution < 1.29 is 14.3 Å². The molecule has 0 amide bonds. The number of rotatable bonds is 6. The molecule has 0 spiro atoms. The van der Waals surface area contributed by atoms with Crippen molar-refractivity contribution in [1.82, 2.24) is 5.32 Å². The van der Waals surface area contributed by atoms with Crippen LogP contribution in [0.5, 0.6) is 0 Å². The molecule has 0 fully saturated rings. The first-order chi connectivity index (χ1) is 8.09. The van der Waals surface area contributed by atoms with Gasteiger partial charge in [-0.2, -0.15) is 0 Å². The second-order valence-corrected chi connectivity index (χ2v) is 3.78. The molecule has 2 N–H and O–H groups in total. The van der Waals surface area contributed by atoms with Gasteiger partial charge < -0.3 is 10.4 Å². The van der Waals surface area contributed by atoms with Crippen LogP contribution in [0.4, 0.5) is 4.39 Å².